The smallest absolute Gasteiger partial charge is 0.413 e. The number of hydrogen-bond donors (Lipinski definition) is 3. The minimum absolute atomic E-state index is 0.0157. The highest BCUT2D eigenvalue weighted by Gasteiger charge is 2.22. The normalized spacial score (nSPS) is 10.9. The molecule has 0 unspecified atom stereocenters. The van der Waals surface area contributed by atoms with Crippen molar-refractivity contribution in [3.63, 3.8) is 0 Å². The van der Waals surface area contributed by atoms with Crippen LogP contribution in [-0.2, 0) is 16.0 Å². The van der Waals surface area contributed by atoms with E-state index in [1.165, 1.54) is 14.0 Å². The number of benzene rings is 2. The molecule has 0 aliphatic rings. The molecule has 180 valence electrons. The fourth-order valence-electron chi connectivity index (χ4n) is 4.09. The van der Waals surface area contributed by atoms with Crippen molar-refractivity contribution in [2.75, 3.05) is 17.7 Å². The summed E-state index contributed by atoms with van der Waals surface area (Å²) in [6, 6.07) is 13.0. The Morgan fingerprint density at radius 2 is 1.77 bits per heavy atom. The summed E-state index contributed by atoms with van der Waals surface area (Å²) >= 11 is 0. The molecular weight excluding hydrogens is 448 g/mol. The molecule has 4 rings (SSSR count). The van der Waals surface area contributed by atoms with E-state index in [-0.39, 0.29) is 11.7 Å². The number of ether oxygens (including phenoxy) is 1. The van der Waals surface area contributed by atoms with Crippen LogP contribution in [0.25, 0.3) is 22.2 Å². The maximum absolute atomic E-state index is 13.3. The highest BCUT2D eigenvalue weighted by Crippen LogP contribution is 2.34. The summed E-state index contributed by atoms with van der Waals surface area (Å²) in [5, 5.41) is 5.24. The lowest BCUT2D eigenvalue weighted by Crippen LogP contribution is -2.11. The number of carbonyl (C=O) groups excluding carboxylic acids is 3. The fraction of sp³-hybridized carbons (Fsp3) is 0.231. The Kier molecular flexibility index (Phi) is 6.68. The molecular formula is C26H26N4O5. The summed E-state index contributed by atoms with van der Waals surface area (Å²) in [6.07, 6.45) is 0.211. The number of hydrogen-bond acceptors (Lipinski definition) is 6. The third-order valence-corrected chi connectivity index (χ3v) is 5.63. The molecule has 9 heteroatoms. The molecule has 0 saturated heterocycles. The Bertz CT molecular complexity index is 1420. The first kappa shape index (κ1) is 23.7. The summed E-state index contributed by atoms with van der Waals surface area (Å²) in [4.78, 5) is 43.3. The van der Waals surface area contributed by atoms with Gasteiger partial charge in [-0.3, -0.25) is 14.9 Å². The van der Waals surface area contributed by atoms with Crippen LogP contribution in [0.3, 0.4) is 0 Å². The number of ketones is 1. The number of nitrogens with zero attached hydrogens (tertiary/aromatic N) is 1. The van der Waals surface area contributed by atoms with E-state index in [2.05, 4.69) is 25.3 Å². The molecule has 0 saturated carbocycles. The Morgan fingerprint density at radius 1 is 1.03 bits per heavy atom. The number of nitrogens with one attached hydrogen (secondary N) is 3. The molecule has 35 heavy (non-hydrogen) atoms. The van der Waals surface area contributed by atoms with Gasteiger partial charge in [0, 0.05) is 24.6 Å². The van der Waals surface area contributed by atoms with Crippen LogP contribution in [0.5, 0.6) is 0 Å². The number of furan rings is 1. The molecule has 0 bridgehead atoms. The molecule has 0 aliphatic heterocycles. The molecule has 2 aromatic carbocycles. The zero-order chi connectivity index (χ0) is 25.1. The molecule has 4 aromatic rings. The van der Waals surface area contributed by atoms with Crippen molar-refractivity contribution >= 4 is 40.5 Å². The number of aromatic amines is 1. The third-order valence-electron chi connectivity index (χ3n) is 5.63. The number of aryl methyl sites for hydroxylation is 3. The van der Waals surface area contributed by atoms with Gasteiger partial charge in [-0.25, -0.2) is 9.78 Å². The van der Waals surface area contributed by atoms with Crippen LogP contribution in [0.2, 0.25) is 0 Å². The lowest BCUT2D eigenvalue weighted by molar-refractivity contribution is -0.114. The maximum atomic E-state index is 13.3. The second kappa shape index (κ2) is 9.84. The first-order valence-corrected chi connectivity index (χ1v) is 11.1. The number of carbonyl (C=O) groups is 3. The van der Waals surface area contributed by atoms with E-state index in [1.807, 2.05) is 37.3 Å². The Hall–Kier alpha value is -4.40. The van der Waals surface area contributed by atoms with Crippen molar-refractivity contribution in [3.8, 4) is 11.1 Å². The number of rotatable bonds is 7. The Labute approximate surface area is 201 Å². The fourth-order valence-corrected chi connectivity index (χ4v) is 4.09. The molecule has 2 heterocycles. The molecule has 0 atom stereocenters. The van der Waals surface area contributed by atoms with Crippen molar-refractivity contribution in [1.29, 1.82) is 0 Å². The second-order valence-corrected chi connectivity index (χ2v) is 8.20. The topological polar surface area (TPSA) is 126 Å². The van der Waals surface area contributed by atoms with Crippen molar-refractivity contribution in [2.45, 2.75) is 33.6 Å². The molecule has 9 nitrogen and oxygen atoms in total. The number of amides is 2. The number of Topliss-reactive ketones (excluding diaryl/α,β-unsaturated/α-hetero) is 1. The molecule has 0 aliphatic carbocycles. The summed E-state index contributed by atoms with van der Waals surface area (Å²) in [5.41, 5.74) is 5.27. The lowest BCUT2D eigenvalue weighted by Gasteiger charge is -2.07. The Balaban J connectivity index is 1.52. The average molecular weight is 475 g/mol. The van der Waals surface area contributed by atoms with Crippen molar-refractivity contribution in [2.24, 2.45) is 0 Å². The summed E-state index contributed by atoms with van der Waals surface area (Å²) < 4.78 is 10.4. The number of fused-ring (bicyclic) bond motifs is 1. The van der Waals surface area contributed by atoms with E-state index in [0.717, 1.165) is 22.2 Å². The van der Waals surface area contributed by atoms with Gasteiger partial charge in [-0.2, -0.15) is 0 Å². The van der Waals surface area contributed by atoms with E-state index in [9.17, 15) is 14.4 Å². The first-order chi connectivity index (χ1) is 16.7. The SMILES string of the molecule is COC(=O)Nc1nc2ccc(CCC(=O)c3c(C)oc(C)c3-c3ccc(NC(C)=O)cc3)cc2[nH]1. The van der Waals surface area contributed by atoms with Gasteiger partial charge in [0.05, 0.1) is 23.7 Å². The van der Waals surface area contributed by atoms with Gasteiger partial charge >= 0.3 is 6.09 Å². The van der Waals surface area contributed by atoms with Gasteiger partial charge in [-0.1, -0.05) is 18.2 Å². The Morgan fingerprint density at radius 3 is 2.46 bits per heavy atom. The highest BCUT2D eigenvalue weighted by molar-refractivity contribution is 6.04. The molecule has 3 N–H and O–H groups in total. The van der Waals surface area contributed by atoms with Crippen molar-refractivity contribution in [1.82, 2.24) is 9.97 Å². The molecule has 0 spiro atoms. The quantitative estimate of drug-likeness (QED) is 0.308. The van der Waals surface area contributed by atoms with Gasteiger partial charge in [0.25, 0.3) is 0 Å². The van der Waals surface area contributed by atoms with Crippen LogP contribution < -0.4 is 10.6 Å². The summed E-state index contributed by atoms with van der Waals surface area (Å²) in [7, 11) is 1.28. The predicted octanol–water partition coefficient (Wildman–Crippen LogP) is 5.39. The van der Waals surface area contributed by atoms with E-state index < -0.39 is 6.09 Å². The van der Waals surface area contributed by atoms with Gasteiger partial charge in [0.15, 0.2) is 5.78 Å². The molecule has 2 amide bonds. The molecule has 0 fully saturated rings. The van der Waals surface area contributed by atoms with Gasteiger partial charge in [0.1, 0.15) is 11.5 Å². The van der Waals surface area contributed by atoms with Gasteiger partial charge in [0.2, 0.25) is 11.9 Å². The molecule has 0 radical (unpaired) electrons. The predicted molar refractivity (Wildman–Crippen MR) is 133 cm³/mol. The van der Waals surface area contributed by atoms with Crippen LogP contribution in [0.1, 0.15) is 40.8 Å². The number of H-pyrrole nitrogens is 1. The van der Waals surface area contributed by atoms with E-state index in [1.54, 1.807) is 19.1 Å². The van der Waals surface area contributed by atoms with Crippen LogP contribution in [0, 0.1) is 13.8 Å². The zero-order valence-corrected chi connectivity index (χ0v) is 19.9. The minimum Gasteiger partial charge on any atom is -0.465 e. The van der Waals surface area contributed by atoms with Crippen molar-refractivity contribution in [3.05, 3.63) is 65.1 Å². The summed E-state index contributed by atoms with van der Waals surface area (Å²) in [6.45, 7) is 5.09. The largest absolute Gasteiger partial charge is 0.465 e. The van der Waals surface area contributed by atoms with Gasteiger partial charge < -0.3 is 19.5 Å². The van der Waals surface area contributed by atoms with Crippen LogP contribution >= 0.6 is 0 Å². The van der Waals surface area contributed by atoms with Crippen LogP contribution in [0.15, 0.2) is 46.9 Å². The average Bonchev–Trinajstić information content (AvgIpc) is 3.35. The van der Waals surface area contributed by atoms with Gasteiger partial charge in [-0.05, 0) is 55.7 Å². The number of aromatic nitrogens is 2. The first-order valence-electron chi connectivity index (χ1n) is 11.1. The van der Waals surface area contributed by atoms with Gasteiger partial charge in [-0.15, -0.1) is 0 Å². The number of anilines is 2. The minimum atomic E-state index is -0.610. The number of methoxy groups -OCH3 is 1. The van der Waals surface area contributed by atoms with Crippen LogP contribution in [-0.4, -0.2) is 34.9 Å². The lowest BCUT2D eigenvalue weighted by atomic mass is 9.94. The third kappa shape index (κ3) is 5.24. The van der Waals surface area contributed by atoms with Crippen LogP contribution in [0.4, 0.5) is 16.4 Å². The van der Waals surface area contributed by atoms with E-state index in [0.29, 0.717) is 47.1 Å². The molecule has 2 aromatic heterocycles. The monoisotopic (exact) mass is 474 g/mol. The number of imidazole rings is 1. The second-order valence-electron chi connectivity index (χ2n) is 8.20. The van der Waals surface area contributed by atoms with E-state index in [4.69, 9.17) is 4.42 Å². The standard InChI is InChI=1S/C26H26N4O5/c1-14-23(18-7-9-19(10-8-18)27-16(3)31)24(15(2)35-14)22(32)12-6-17-5-11-20-21(13-17)29-25(28-20)30-26(33)34-4/h5,7-11,13H,6,12H2,1-4H3,(H,27,31)(H2,28,29,30,33). The van der Waals surface area contributed by atoms with Crippen molar-refractivity contribution < 1.29 is 23.5 Å². The maximum Gasteiger partial charge on any atom is 0.413 e. The highest BCUT2D eigenvalue weighted by atomic mass is 16.5. The zero-order valence-electron chi connectivity index (χ0n) is 19.9. The summed E-state index contributed by atoms with van der Waals surface area (Å²) in [5.74, 6) is 1.38. The van der Waals surface area contributed by atoms with E-state index >= 15 is 0 Å².